The Balaban J connectivity index is 2.02. The third-order valence-electron chi connectivity index (χ3n) is 3.67. The minimum absolute atomic E-state index is 0.145. The quantitative estimate of drug-likeness (QED) is 0.600. The van der Waals surface area contributed by atoms with E-state index in [9.17, 15) is 10.1 Å². The molecule has 0 aliphatic heterocycles. The number of aliphatic hydroxyl groups is 1. The number of aliphatic hydroxyl groups excluding tert-OH is 1. The minimum Gasteiger partial charge on any atom is -0.396 e. The predicted octanol–water partition coefficient (Wildman–Crippen LogP) is 2.48. The first-order chi connectivity index (χ1) is 8.56. The summed E-state index contributed by atoms with van der Waals surface area (Å²) < 4.78 is 0. The average molecular weight is 250 g/mol. The van der Waals surface area contributed by atoms with Gasteiger partial charge in [-0.3, -0.25) is 10.1 Å². The summed E-state index contributed by atoms with van der Waals surface area (Å²) in [6.07, 6.45) is 3.04. The molecule has 0 saturated heterocycles. The van der Waals surface area contributed by atoms with E-state index in [0.717, 1.165) is 31.5 Å². The molecule has 0 bridgehead atoms. The molecule has 0 heterocycles. The Morgan fingerprint density at radius 1 is 1.50 bits per heavy atom. The van der Waals surface area contributed by atoms with Crippen LogP contribution in [-0.4, -0.2) is 23.2 Å². The van der Waals surface area contributed by atoms with E-state index in [4.69, 9.17) is 5.11 Å². The zero-order chi connectivity index (χ0) is 13.2. The van der Waals surface area contributed by atoms with Crippen LogP contribution in [0.3, 0.4) is 0 Å². The molecule has 98 valence electrons. The average Bonchev–Trinajstić information content (AvgIpc) is 3.08. The molecule has 1 aliphatic rings. The number of aryl methyl sites for hydroxylation is 1. The van der Waals surface area contributed by atoms with Gasteiger partial charge in [-0.05, 0) is 37.7 Å². The monoisotopic (exact) mass is 250 g/mol. The maximum Gasteiger partial charge on any atom is 0.274 e. The largest absolute Gasteiger partial charge is 0.396 e. The van der Waals surface area contributed by atoms with Crippen LogP contribution in [-0.2, 0) is 0 Å². The van der Waals surface area contributed by atoms with Gasteiger partial charge in [0, 0.05) is 30.5 Å². The van der Waals surface area contributed by atoms with Gasteiger partial charge in [0.1, 0.15) is 0 Å². The first-order valence-electron chi connectivity index (χ1n) is 6.16. The first-order valence-corrected chi connectivity index (χ1v) is 6.16. The number of nitrogens with one attached hydrogen (secondary N) is 1. The lowest BCUT2D eigenvalue weighted by atomic mass is 10.0. The van der Waals surface area contributed by atoms with Gasteiger partial charge in [0.15, 0.2) is 0 Å². The van der Waals surface area contributed by atoms with Gasteiger partial charge < -0.3 is 10.4 Å². The van der Waals surface area contributed by atoms with Crippen LogP contribution in [0.4, 0.5) is 11.4 Å². The summed E-state index contributed by atoms with van der Waals surface area (Å²) in [5.74, 6) is 0. The molecule has 1 aliphatic carbocycles. The lowest BCUT2D eigenvalue weighted by Crippen LogP contribution is -2.16. The molecule has 0 atom stereocenters. The molecule has 0 radical (unpaired) electrons. The molecule has 18 heavy (non-hydrogen) atoms. The predicted molar refractivity (Wildman–Crippen MR) is 69.7 cm³/mol. The van der Waals surface area contributed by atoms with Crippen molar-refractivity contribution in [1.29, 1.82) is 0 Å². The number of anilines is 1. The summed E-state index contributed by atoms with van der Waals surface area (Å²) in [6.45, 7) is 2.71. The first kappa shape index (κ1) is 12.8. The smallest absolute Gasteiger partial charge is 0.274 e. The van der Waals surface area contributed by atoms with Gasteiger partial charge in [0.25, 0.3) is 5.69 Å². The van der Waals surface area contributed by atoms with E-state index in [-0.39, 0.29) is 22.6 Å². The second kappa shape index (κ2) is 4.94. The molecule has 1 saturated carbocycles. The van der Waals surface area contributed by atoms with Crippen molar-refractivity contribution in [3.63, 3.8) is 0 Å². The second-order valence-electron chi connectivity index (χ2n) is 5.09. The molecular formula is C13H18N2O3. The third kappa shape index (κ3) is 2.79. The van der Waals surface area contributed by atoms with Crippen molar-refractivity contribution in [3.05, 3.63) is 33.9 Å². The van der Waals surface area contributed by atoms with Gasteiger partial charge in [0.2, 0.25) is 0 Å². The highest BCUT2D eigenvalue weighted by molar-refractivity contribution is 5.55. The SMILES string of the molecule is Cc1ccc(NCC2(CCO)CC2)cc1[N+](=O)[O-]. The maximum atomic E-state index is 10.8. The Hall–Kier alpha value is -1.62. The minimum atomic E-state index is -0.360. The van der Waals surface area contributed by atoms with Gasteiger partial charge in [-0.2, -0.15) is 0 Å². The van der Waals surface area contributed by atoms with Crippen molar-refractivity contribution in [3.8, 4) is 0 Å². The van der Waals surface area contributed by atoms with Crippen LogP contribution in [0.2, 0.25) is 0 Å². The molecule has 0 spiro atoms. The van der Waals surface area contributed by atoms with E-state index in [1.165, 1.54) is 0 Å². The van der Waals surface area contributed by atoms with E-state index in [2.05, 4.69) is 5.32 Å². The number of hydrogen-bond acceptors (Lipinski definition) is 4. The molecule has 0 unspecified atom stereocenters. The van der Waals surface area contributed by atoms with Crippen molar-refractivity contribution in [2.75, 3.05) is 18.5 Å². The fourth-order valence-corrected chi connectivity index (χ4v) is 2.13. The van der Waals surface area contributed by atoms with E-state index in [0.29, 0.717) is 5.56 Å². The summed E-state index contributed by atoms with van der Waals surface area (Å²) >= 11 is 0. The number of hydrogen-bond donors (Lipinski definition) is 2. The highest BCUT2D eigenvalue weighted by Gasteiger charge is 2.41. The van der Waals surface area contributed by atoms with Gasteiger partial charge in [-0.1, -0.05) is 6.07 Å². The summed E-state index contributed by atoms with van der Waals surface area (Å²) in [4.78, 5) is 10.5. The number of nitro benzene ring substituents is 1. The van der Waals surface area contributed by atoms with Crippen LogP contribution in [0.1, 0.15) is 24.8 Å². The Bertz CT molecular complexity index is 456. The summed E-state index contributed by atoms with van der Waals surface area (Å²) in [5.41, 5.74) is 1.79. The maximum absolute atomic E-state index is 10.8. The van der Waals surface area contributed by atoms with Crippen molar-refractivity contribution < 1.29 is 10.0 Å². The Labute approximate surface area is 106 Å². The van der Waals surface area contributed by atoms with Gasteiger partial charge in [-0.25, -0.2) is 0 Å². The van der Waals surface area contributed by atoms with Crippen molar-refractivity contribution in [2.45, 2.75) is 26.2 Å². The lowest BCUT2D eigenvalue weighted by Gasteiger charge is -2.15. The summed E-state index contributed by atoms with van der Waals surface area (Å²) in [5, 5.41) is 23.0. The highest BCUT2D eigenvalue weighted by Crippen LogP contribution is 2.48. The zero-order valence-electron chi connectivity index (χ0n) is 10.5. The zero-order valence-corrected chi connectivity index (χ0v) is 10.5. The lowest BCUT2D eigenvalue weighted by molar-refractivity contribution is -0.385. The Kier molecular flexibility index (Phi) is 3.52. The molecule has 1 fully saturated rings. The molecule has 2 rings (SSSR count). The van der Waals surface area contributed by atoms with Crippen LogP contribution in [0.25, 0.3) is 0 Å². The van der Waals surface area contributed by atoms with Gasteiger partial charge in [-0.15, -0.1) is 0 Å². The number of rotatable bonds is 6. The van der Waals surface area contributed by atoms with Crippen molar-refractivity contribution in [1.82, 2.24) is 0 Å². The molecular weight excluding hydrogens is 232 g/mol. The van der Waals surface area contributed by atoms with Crippen LogP contribution in [0.15, 0.2) is 18.2 Å². The summed E-state index contributed by atoms with van der Waals surface area (Å²) in [7, 11) is 0. The van der Waals surface area contributed by atoms with Crippen LogP contribution in [0, 0.1) is 22.5 Å². The molecule has 2 N–H and O–H groups in total. The third-order valence-corrected chi connectivity index (χ3v) is 3.67. The fraction of sp³-hybridized carbons (Fsp3) is 0.538. The molecule has 5 heteroatoms. The van der Waals surface area contributed by atoms with Crippen LogP contribution in [0.5, 0.6) is 0 Å². The van der Waals surface area contributed by atoms with Gasteiger partial charge >= 0.3 is 0 Å². The van der Waals surface area contributed by atoms with Gasteiger partial charge in [0.05, 0.1) is 4.92 Å². The molecule has 0 aromatic heterocycles. The van der Waals surface area contributed by atoms with E-state index in [1.54, 1.807) is 19.1 Å². The van der Waals surface area contributed by atoms with E-state index < -0.39 is 0 Å². The van der Waals surface area contributed by atoms with Crippen LogP contribution >= 0.6 is 0 Å². The molecule has 1 aromatic carbocycles. The Morgan fingerprint density at radius 2 is 2.22 bits per heavy atom. The summed E-state index contributed by atoms with van der Waals surface area (Å²) in [6, 6.07) is 5.19. The van der Waals surface area contributed by atoms with E-state index >= 15 is 0 Å². The van der Waals surface area contributed by atoms with Crippen LogP contribution < -0.4 is 5.32 Å². The second-order valence-corrected chi connectivity index (χ2v) is 5.09. The number of nitrogens with zero attached hydrogens (tertiary/aromatic N) is 1. The molecule has 0 amide bonds. The topological polar surface area (TPSA) is 75.4 Å². The molecule has 5 nitrogen and oxygen atoms in total. The number of nitro groups is 1. The Morgan fingerprint density at radius 3 is 2.78 bits per heavy atom. The number of benzene rings is 1. The normalized spacial score (nSPS) is 16.3. The van der Waals surface area contributed by atoms with E-state index in [1.807, 2.05) is 6.07 Å². The highest BCUT2D eigenvalue weighted by atomic mass is 16.6. The fourth-order valence-electron chi connectivity index (χ4n) is 2.13. The van der Waals surface area contributed by atoms with Crippen molar-refractivity contribution >= 4 is 11.4 Å². The standard InChI is InChI=1S/C13H18N2O3/c1-10-2-3-11(8-12(10)15(17)18)14-9-13(4-5-13)6-7-16/h2-3,8,14,16H,4-7,9H2,1H3. The molecule has 1 aromatic rings. The van der Waals surface area contributed by atoms with Crippen molar-refractivity contribution in [2.24, 2.45) is 5.41 Å².